The number of nitrogens with one attached hydrogen (secondary N) is 1. The number of pyridine rings is 1. The van der Waals surface area contributed by atoms with Crippen molar-refractivity contribution in [2.24, 2.45) is 5.92 Å². The molecule has 0 radical (unpaired) electrons. The second-order valence-corrected chi connectivity index (χ2v) is 12.3. The molecule has 2 aliphatic heterocycles. The third-order valence-corrected chi connectivity index (χ3v) is 9.13. The van der Waals surface area contributed by atoms with Crippen LogP contribution in [0, 0.1) is 11.7 Å². The minimum Gasteiger partial charge on any atom is -0.479 e. The van der Waals surface area contributed by atoms with Gasteiger partial charge in [-0.3, -0.25) is 4.90 Å². The van der Waals surface area contributed by atoms with Gasteiger partial charge in [0.15, 0.2) is 5.65 Å². The first kappa shape index (κ1) is 31.3. The molecular weight excluding hydrogens is 555 g/mol. The van der Waals surface area contributed by atoms with Gasteiger partial charge in [-0.25, -0.2) is 23.1 Å². The molecule has 3 aromatic rings. The molecule has 1 atom stereocenters. The number of benzene rings is 1. The van der Waals surface area contributed by atoms with Gasteiger partial charge in [0.2, 0.25) is 5.88 Å². The standard InChI is InChI=1S/C32H44F3N7O/c1-20(2)40-12-10-23(11-13-40)32(34,35)26-9-7-8-24(28(26)33)22(5)38-29-25-18-27(31(43-6)39-30(25)37-19-36-29)42-16-14-41(15-17-42)21(3)4/h7-9,18-23H,10-17H2,1-6H3,(H,36,37,38,39)/t22-/m1/s1. The van der Waals surface area contributed by atoms with Crippen LogP contribution in [0.2, 0.25) is 0 Å². The molecule has 4 heterocycles. The van der Waals surface area contributed by atoms with Gasteiger partial charge in [0, 0.05) is 49.7 Å². The monoisotopic (exact) mass is 599 g/mol. The van der Waals surface area contributed by atoms with Crippen molar-refractivity contribution < 1.29 is 17.9 Å². The summed E-state index contributed by atoms with van der Waals surface area (Å²) in [5, 5.41) is 3.91. The smallest absolute Gasteiger partial charge is 0.278 e. The predicted molar refractivity (Wildman–Crippen MR) is 165 cm³/mol. The van der Waals surface area contributed by atoms with E-state index in [0.717, 1.165) is 31.9 Å². The predicted octanol–water partition coefficient (Wildman–Crippen LogP) is 6.09. The number of ether oxygens (including phenoxy) is 1. The van der Waals surface area contributed by atoms with Gasteiger partial charge in [0.05, 0.1) is 24.1 Å². The van der Waals surface area contributed by atoms with Crippen LogP contribution in [0.3, 0.4) is 0 Å². The second kappa shape index (κ2) is 12.8. The van der Waals surface area contributed by atoms with Crippen molar-refractivity contribution in [2.45, 2.75) is 71.5 Å². The molecule has 0 saturated carbocycles. The minimum atomic E-state index is -3.26. The lowest BCUT2D eigenvalue weighted by Crippen LogP contribution is -2.49. The molecule has 0 unspecified atom stereocenters. The SMILES string of the molecule is COc1nc2ncnc(N[C@H](C)c3cccc(C(F)(F)C4CCN(C(C)C)CC4)c3F)c2cc1N1CCN(C(C)C)CC1. The number of anilines is 2. The normalized spacial score (nSPS) is 18.5. The summed E-state index contributed by atoms with van der Waals surface area (Å²) in [5.41, 5.74) is 0.887. The second-order valence-electron chi connectivity index (χ2n) is 12.3. The minimum absolute atomic E-state index is 0.162. The summed E-state index contributed by atoms with van der Waals surface area (Å²) in [6.45, 7) is 14.9. The van der Waals surface area contributed by atoms with Gasteiger partial charge in [0.1, 0.15) is 23.6 Å². The Morgan fingerprint density at radius 3 is 2.21 bits per heavy atom. The average molecular weight is 600 g/mol. The highest BCUT2D eigenvalue weighted by Crippen LogP contribution is 2.44. The largest absolute Gasteiger partial charge is 0.479 e. The third kappa shape index (κ3) is 6.38. The number of methoxy groups -OCH3 is 1. The van der Waals surface area contributed by atoms with Gasteiger partial charge in [0.25, 0.3) is 5.92 Å². The highest BCUT2D eigenvalue weighted by Gasteiger charge is 2.45. The Hall–Kier alpha value is -3.18. The Balaban J connectivity index is 1.40. The van der Waals surface area contributed by atoms with Crippen LogP contribution in [0.1, 0.15) is 64.6 Å². The number of rotatable bonds is 9. The summed E-state index contributed by atoms with van der Waals surface area (Å²) < 4.78 is 53.0. The zero-order chi connectivity index (χ0) is 30.9. The van der Waals surface area contributed by atoms with Gasteiger partial charge in [-0.15, -0.1) is 0 Å². The summed E-state index contributed by atoms with van der Waals surface area (Å²) in [6.07, 6.45) is 2.05. The molecule has 8 nitrogen and oxygen atoms in total. The zero-order valence-electron chi connectivity index (χ0n) is 26.1. The molecule has 1 aromatic carbocycles. The Kier molecular flexibility index (Phi) is 9.31. The maximum atomic E-state index is 15.9. The van der Waals surface area contributed by atoms with Crippen molar-refractivity contribution in [1.29, 1.82) is 0 Å². The number of likely N-dealkylation sites (tertiary alicyclic amines) is 1. The number of hydrogen-bond donors (Lipinski definition) is 1. The molecule has 2 saturated heterocycles. The van der Waals surface area contributed by atoms with Crippen LogP contribution >= 0.6 is 0 Å². The molecule has 2 aliphatic rings. The van der Waals surface area contributed by atoms with E-state index in [0.29, 0.717) is 60.7 Å². The number of aromatic nitrogens is 3. The van der Waals surface area contributed by atoms with E-state index in [1.54, 1.807) is 20.1 Å². The Bertz CT molecular complexity index is 1400. The topological polar surface area (TPSA) is 69.7 Å². The number of piperazine rings is 1. The van der Waals surface area contributed by atoms with Crippen LogP contribution in [0.4, 0.5) is 24.7 Å². The molecule has 1 N–H and O–H groups in total. The van der Waals surface area contributed by atoms with Crippen molar-refractivity contribution >= 4 is 22.5 Å². The molecule has 2 fully saturated rings. The van der Waals surface area contributed by atoms with Crippen molar-refractivity contribution in [3.63, 3.8) is 0 Å². The van der Waals surface area contributed by atoms with Gasteiger partial charge >= 0.3 is 0 Å². The van der Waals surface area contributed by atoms with Crippen LogP contribution in [0.15, 0.2) is 30.6 Å². The van der Waals surface area contributed by atoms with E-state index in [9.17, 15) is 0 Å². The fourth-order valence-corrected chi connectivity index (χ4v) is 6.35. The summed E-state index contributed by atoms with van der Waals surface area (Å²) in [4.78, 5) is 20.3. The lowest BCUT2D eigenvalue weighted by molar-refractivity contribution is -0.0900. The fourth-order valence-electron chi connectivity index (χ4n) is 6.35. The lowest BCUT2D eigenvalue weighted by atomic mass is 9.85. The molecule has 0 aliphatic carbocycles. The molecule has 5 rings (SSSR count). The van der Waals surface area contributed by atoms with Gasteiger partial charge in [-0.1, -0.05) is 18.2 Å². The van der Waals surface area contributed by atoms with E-state index in [2.05, 4.69) is 62.7 Å². The molecular formula is C32H44F3N7O. The summed E-state index contributed by atoms with van der Waals surface area (Å²) >= 11 is 0. The Morgan fingerprint density at radius 2 is 1.58 bits per heavy atom. The maximum absolute atomic E-state index is 15.9. The quantitative estimate of drug-likeness (QED) is 0.317. The Morgan fingerprint density at radius 1 is 0.930 bits per heavy atom. The molecule has 0 spiro atoms. The summed E-state index contributed by atoms with van der Waals surface area (Å²) in [7, 11) is 1.59. The fraction of sp³-hybridized carbons (Fsp3) is 0.594. The maximum Gasteiger partial charge on any atom is 0.278 e. The number of alkyl halides is 2. The lowest BCUT2D eigenvalue weighted by Gasteiger charge is -2.38. The summed E-state index contributed by atoms with van der Waals surface area (Å²) in [6, 6.07) is 6.38. The number of fused-ring (bicyclic) bond motifs is 1. The average Bonchev–Trinajstić information content (AvgIpc) is 3.00. The van der Waals surface area contributed by atoms with Crippen LogP contribution in [0.25, 0.3) is 11.0 Å². The molecule has 43 heavy (non-hydrogen) atoms. The van der Waals surface area contributed by atoms with Crippen LogP contribution < -0.4 is 15.0 Å². The van der Waals surface area contributed by atoms with Crippen molar-refractivity contribution in [2.75, 3.05) is 56.6 Å². The van der Waals surface area contributed by atoms with E-state index in [4.69, 9.17) is 4.74 Å². The van der Waals surface area contributed by atoms with E-state index >= 15 is 13.2 Å². The highest BCUT2D eigenvalue weighted by molar-refractivity contribution is 5.90. The first-order valence-electron chi connectivity index (χ1n) is 15.4. The molecule has 0 amide bonds. The van der Waals surface area contributed by atoms with E-state index < -0.39 is 29.3 Å². The molecule has 2 aromatic heterocycles. The van der Waals surface area contributed by atoms with Crippen LogP contribution in [-0.4, -0.2) is 83.2 Å². The van der Waals surface area contributed by atoms with E-state index in [1.807, 2.05) is 6.07 Å². The zero-order valence-corrected chi connectivity index (χ0v) is 26.1. The van der Waals surface area contributed by atoms with Crippen molar-refractivity contribution in [3.05, 3.63) is 47.5 Å². The molecule has 11 heteroatoms. The first-order valence-corrected chi connectivity index (χ1v) is 15.4. The third-order valence-electron chi connectivity index (χ3n) is 9.13. The van der Waals surface area contributed by atoms with Gasteiger partial charge < -0.3 is 19.9 Å². The molecule has 0 bridgehead atoms. The number of halogens is 3. The van der Waals surface area contributed by atoms with Crippen LogP contribution in [0.5, 0.6) is 5.88 Å². The number of piperidine rings is 1. The summed E-state index contributed by atoms with van der Waals surface area (Å²) in [5.74, 6) is -4.11. The first-order chi connectivity index (χ1) is 20.5. The number of hydrogen-bond acceptors (Lipinski definition) is 8. The number of nitrogens with zero attached hydrogens (tertiary/aromatic N) is 6. The Labute approximate surface area is 252 Å². The van der Waals surface area contributed by atoms with Crippen molar-refractivity contribution in [1.82, 2.24) is 24.8 Å². The molecule has 234 valence electrons. The highest BCUT2D eigenvalue weighted by atomic mass is 19.3. The van der Waals surface area contributed by atoms with Crippen LogP contribution in [-0.2, 0) is 5.92 Å². The van der Waals surface area contributed by atoms with Gasteiger partial charge in [-0.2, -0.15) is 4.98 Å². The van der Waals surface area contributed by atoms with Gasteiger partial charge in [-0.05, 0) is 66.6 Å². The van der Waals surface area contributed by atoms with E-state index in [-0.39, 0.29) is 5.56 Å². The van der Waals surface area contributed by atoms with Crippen molar-refractivity contribution in [3.8, 4) is 5.88 Å². The van der Waals surface area contributed by atoms with E-state index in [1.165, 1.54) is 18.5 Å².